The third-order valence-electron chi connectivity index (χ3n) is 4.72. The van der Waals surface area contributed by atoms with Gasteiger partial charge in [-0.25, -0.2) is 0 Å². The van der Waals surface area contributed by atoms with Gasteiger partial charge in [-0.05, 0) is 25.8 Å². The molecule has 0 bridgehead atoms. The van der Waals surface area contributed by atoms with E-state index in [-0.39, 0.29) is 11.8 Å². The minimum Gasteiger partial charge on any atom is -0.352 e. The lowest BCUT2D eigenvalue weighted by Crippen LogP contribution is -2.53. The van der Waals surface area contributed by atoms with Crippen LogP contribution < -0.4 is 10.6 Å². The van der Waals surface area contributed by atoms with Gasteiger partial charge in [0.15, 0.2) is 0 Å². The monoisotopic (exact) mass is 310 g/mol. The highest BCUT2D eigenvalue weighted by atomic mass is 16.2. The predicted octanol–water partition coefficient (Wildman–Crippen LogP) is 0.0449. The van der Waals surface area contributed by atoms with Gasteiger partial charge >= 0.3 is 0 Å². The lowest BCUT2D eigenvalue weighted by Gasteiger charge is -2.35. The van der Waals surface area contributed by atoms with E-state index in [1.807, 2.05) is 4.90 Å². The number of amides is 2. The second kappa shape index (κ2) is 8.48. The van der Waals surface area contributed by atoms with Gasteiger partial charge in [0.2, 0.25) is 11.8 Å². The van der Waals surface area contributed by atoms with E-state index in [4.69, 9.17) is 0 Å². The van der Waals surface area contributed by atoms with E-state index in [1.54, 1.807) is 7.05 Å². The van der Waals surface area contributed by atoms with Gasteiger partial charge in [-0.2, -0.15) is 0 Å². The maximum Gasteiger partial charge on any atom is 0.236 e. The third kappa shape index (κ3) is 5.25. The smallest absolute Gasteiger partial charge is 0.236 e. The first-order valence-electron chi connectivity index (χ1n) is 8.52. The molecule has 2 fully saturated rings. The summed E-state index contributed by atoms with van der Waals surface area (Å²) in [5.41, 5.74) is 0. The molecule has 6 nitrogen and oxygen atoms in total. The van der Waals surface area contributed by atoms with Gasteiger partial charge in [-0.1, -0.05) is 19.8 Å². The van der Waals surface area contributed by atoms with Crippen molar-refractivity contribution in [3.8, 4) is 0 Å². The van der Waals surface area contributed by atoms with Gasteiger partial charge in [0.05, 0.1) is 13.1 Å². The summed E-state index contributed by atoms with van der Waals surface area (Å²) >= 11 is 0. The first-order valence-corrected chi connectivity index (χ1v) is 8.52. The molecule has 0 aromatic carbocycles. The molecule has 1 aliphatic heterocycles. The summed E-state index contributed by atoms with van der Waals surface area (Å²) in [7, 11) is 1.78. The fourth-order valence-corrected chi connectivity index (χ4v) is 3.46. The van der Waals surface area contributed by atoms with Gasteiger partial charge in [0.25, 0.3) is 0 Å². The van der Waals surface area contributed by atoms with Gasteiger partial charge < -0.3 is 15.5 Å². The molecule has 1 heterocycles. The van der Waals surface area contributed by atoms with Crippen LogP contribution in [-0.2, 0) is 9.59 Å². The highest BCUT2D eigenvalue weighted by molar-refractivity contribution is 5.79. The molecule has 126 valence electrons. The zero-order valence-electron chi connectivity index (χ0n) is 13.9. The standard InChI is InChI=1S/C16H30N4O2/c1-13-4-3-5-14(10-13)18-15(21)12-19-6-8-20(9-7-19)16(22)11-17-2/h13-14,17H,3-12H2,1-2H3,(H,18,21). The summed E-state index contributed by atoms with van der Waals surface area (Å²) in [6.07, 6.45) is 4.73. The van der Waals surface area contributed by atoms with Crippen LogP contribution >= 0.6 is 0 Å². The molecule has 1 saturated carbocycles. The van der Waals surface area contributed by atoms with Crippen LogP contribution in [-0.4, -0.2) is 74.0 Å². The Morgan fingerprint density at radius 1 is 1.14 bits per heavy atom. The first-order chi connectivity index (χ1) is 10.6. The number of likely N-dealkylation sites (N-methyl/N-ethyl adjacent to an activating group) is 1. The van der Waals surface area contributed by atoms with Crippen LogP contribution in [0.25, 0.3) is 0 Å². The molecule has 0 aromatic rings. The summed E-state index contributed by atoms with van der Waals surface area (Å²) in [5.74, 6) is 0.998. The Morgan fingerprint density at radius 3 is 2.50 bits per heavy atom. The first kappa shape index (κ1) is 17.2. The lowest BCUT2D eigenvalue weighted by molar-refractivity contribution is -0.132. The topological polar surface area (TPSA) is 64.7 Å². The zero-order valence-corrected chi connectivity index (χ0v) is 13.9. The van der Waals surface area contributed by atoms with Crippen LogP contribution in [0.3, 0.4) is 0 Å². The molecular weight excluding hydrogens is 280 g/mol. The summed E-state index contributed by atoms with van der Waals surface area (Å²) < 4.78 is 0. The van der Waals surface area contributed by atoms with Crippen LogP contribution in [0.15, 0.2) is 0 Å². The van der Waals surface area contributed by atoms with E-state index in [9.17, 15) is 9.59 Å². The summed E-state index contributed by atoms with van der Waals surface area (Å²) in [4.78, 5) is 28.0. The molecule has 1 saturated heterocycles. The summed E-state index contributed by atoms with van der Waals surface area (Å²) in [6.45, 7) is 6.11. The van der Waals surface area contributed by atoms with Crippen molar-refractivity contribution in [2.24, 2.45) is 5.92 Å². The molecule has 2 amide bonds. The molecule has 0 radical (unpaired) electrons. The van der Waals surface area contributed by atoms with Crippen molar-refractivity contribution >= 4 is 11.8 Å². The molecular formula is C16H30N4O2. The lowest BCUT2D eigenvalue weighted by atomic mass is 9.87. The molecule has 1 aliphatic carbocycles. The van der Waals surface area contributed by atoms with Crippen molar-refractivity contribution < 1.29 is 9.59 Å². The van der Waals surface area contributed by atoms with Gasteiger partial charge in [0, 0.05) is 32.2 Å². The Labute approximate surface area is 133 Å². The van der Waals surface area contributed by atoms with E-state index in [0.717, 1.165) is 31.8 Å². The molecule has 2 atom stereocenters. The van der Waals surface area contributed by atoms with Crippen LogP contribution in [0.5, 0.6) is 0 Å². The highest BCUT2D eigenvalue weighted by Gasteiger charge is 2.24. The minimum absolute atomic E-state index is 0.133. The Morgan fingerprint density at radius 2 is 1.86 bits per heavy atom. The number of nitrogens with one attached hydrogen (secondary N) is 2. The fraction of sp³-hybridized carbons (Fsp3) is 0.875. The number of carbonyl (C=O) groups is 2. The predicted molar refractivity (Wildman–Crippen MR) is 86.5 cm³/mol. The number of hydrogen-bond donors (Lipinski definition) is 2. The Kier molecular flexibility index (Phi) is 6.64. The van der Waals surface area contributed by atoms with E-state index < -0.39 is 0 Å². The zero-order chi connectivity index (χ0) is 15.9. The SMILES string of the molecule is CNCC(=O)N1CCN(CC(=O)NC2CCCC(C)C2)CC1. The van der Waals surface area contributed by atoms with Gasteiger partial charge in [-0.3, -0.25) is 14.5 Å². The van der Waals surface area contributed by atoms with Crippen molar-refractivity contribution in [3.63, 3.8) is 0 Å². The van der Waals surface area contributed by atoms with Crippen LogP contribution in [0, 0.1) is 5.92 Å². The van der Waals surface area contributed by atoms with E-state index in [2.05, 4.69) is 22.5 Å². The van der Waals surface area contributed by atoms with Gasteiger partial charge in [0.1, 0.15) is 0 Å². The Hall–Kier alpha value is -1.14. The molecule has 2 N–H and O–H groups in total. The molecule has 0 spiro atoms. The maximum atomic E-state index is 12.2. The van der Waals surface area contributed by atoms with Crippen molar-refractivity contribution in [2.75, 3.05) is 46.3 Å². The van der Waals surface area contributed by atoms with Crippen LogP contribution in [0.4, 0.5) is 0 Å². The molecule has 22 heavy (non-hydrogen) atoms. The largest absolute Gasteiger partial charge is 0.352 e. The van der Waals surface area contributed by atoms with E-state index in [0.29, 0.717) is 32.2 Å². The summed E-state index contributed by atoms with van der Waals surface area (Å²) in [6, 6.07) is 0.356. The number of piperazine rings is 1. The molecule has 6 heteroatoms. The van der Waals surface area contributed by atoms with Gasteiger partial charge in [-0.15, -0.1) is 0 Å². The van der Waals surface area contributed by atoms with Crippen molar-refractivity contribution in [3.05, 3.63) is 0 Å². The third-order valence-corrected chi connectivity index (χ3v) is 4.72. The van der Waals surface area contributed by atoms with Crippen LogP contribution in [0.2, 0.25) is 0 Å². The molecule has 2 aliphatic rings. The number of carbonyl (C=O) groups excluding carboxylic acids is 2. The maximum absolute atomic E-state index is 12.2. The average Bonchev–Trinajstić information content (AvgIpc) is 2.48. The number of nitrogens with zero attached hydrogens (tertiary/aromatic N) is 2. The van der Waals surface area contributed by atoms with Crippen molar-refractivity contribution in [1.82, 2.24) is 20.4 Å². The quantitative estimate of drug-likeness (QED) is 0.753. The number of hydrogen-bond acceptors (Lipinski definition) is 4. The normalized spacial score (nSPS) is 26.7. The second-order valence-corrected chi connectivity index (χ2v) is 6.72. The minimum atomic E-state index is 0.133. The highest BCUT2D eigenvalue weighted by Crippen LogP contribution is 2.23. The van der Waals surface area contributed by atoms with Crippen molar-refractivity contribution in [1.29, 1.82) is 0 Å². The summed E-state index contributed by atoms with van der Waals surface area (Å²) in [5, 5.41) is 6.07. The average molecular weight is 310 g/mol. The Bertz CT molecular complexity index is 380. The van der Waals surface area contributed by atoms with Crippen molar-refractivity contribution in [2.45, 2.75) is 38.6 Å². The van der Waals surface area contributed by atoms with E-state index >= 15 is 0 Å². The van der Waals surface area contributed by atoms with E-state index in [1.165, 1.54) is 12.8 Å². The number of rotatable bonds is 5. The Balaban J connectivity index is 1.67. The second-order valence-electron chi connectivity index (χ2n) is 6.72. The fourth-order valence-electron chi connectivity index (χ4n) is 3.46. The molecule has 2 unspecified atom stereocenters. The molecule has 2 rings (SSSR count). The molecule has 0 aromatic heterocycles. The van der Waals surface area contributed by atoms with Crippen LogP contribution in [0.1, 0.15) is 32.6 Å².